The highest BCUT2D eigenvalue weighted by molar-refractivity contribution is 6.10. The van der Waals surface area contributed by atoms with Gasteiger partial charge in [-0.25, -0.2) is 14.6 Å². The second-order valence-corrected chi connectivity index (χ2v) is 7.47. The normalized spacial score (nSPS) is 14.9. The second-order valence-electron chi connectivity index (χ2n) is 7.47. The van der Waals surface area contributed by atoms with Crippen LogP contribution in [0.1, 0.15) is 35.9 Å². The van der Waals surface area contributed by atoms with Crippen molar-refractivity contribution in [2.75, 3.05) is 5.32 Å². The smallest absolute Gasteiger partial charge is 0.282 e. The number of fused-ring (bicyclic) bond motifs is 1. The average Bonchev–Trinajstić information content (AvgIpc) is 3.10. The van der Waals surface area contributed by atoms with Gasteiger partial charge in [-0.1, -0.05) is 30.3 Å². The van der Waals surface area contributed by atoms with Crippen molar-refractivity contribution in [3.8, 4) is 11.1 Å². The molecule has 1 N–H and O–H groups in total. The summed E-state index contributed by atoms with van der Waals surface area (Å²) in [5.74, 6) is 0.860. The SMILES string of the molecule is Cc1oc2ncnc(NC3(C)CC3)c2c1C(=O)n1cc(-c2ccccc2)cn1. The van der Waals surface area contributed by atoms with Gasteiger partial charge in [-0.3, -0.25) is 4.79 Å². The van der Waals surface area contributed by atoms with Gasteiger partial charge in [0.25, 0.3) is 5.91 Å². The molecule has 0 spiro atoms. The Morgan fingerprint density at radius 3 is 2.71 bits per heavy atom. The molecule has 1 aromatic carbocycles. The summed E-state index contributed by atoms with van der Waals surface area (Å²) in [6.45, 7) is 3.90. The third kappa shape index (κ3) is 2.76. The molecule has 4 aromatic rings. The number of nitrogens with zero attached hydrogens (tertiary/aromatic N) is 4. The van der Waals surface area contributed by atoms with Crippen LogP contribution in [0.2, 0.25) is 0 Å². The van der Waals surface area contributed by atoms with E-state index in [0.717, 1.165) is 24.0 Å². The third-order valence-electron chi connectivity index (χ3n) is 5.20. The van der Waals surface area contributed by atoms with Crippen LogP contribution in [0.25, 0.3) is 22.2 Å². The van der Waals surface area contributed by atoms with Crippen LogP contribution >= 0.6 is 0 Å². The zero-order chi connectivity index (χ0) is 19.3. The van der Waals surface area contributed by atoms with Crippen LogP contribution in [0.5, 0.6) is 0 Å². The number of hydrogen-bond acceptors (Lipinski definition) is 6. The Balaban J connectivity index is 1.58. The van der Waals surface area contributed by atoms with Crippen LogP contribution in [0, 0.1) is 6.92 Å². The number of furan rings is 1. The van der Waals surface area contributed by atoms with E-state index in [9.17, 15) is 4.79 Å². The summed E-state index contributed by atoms with van der Waals surface area (Å²) in [7, 11) is 0. The van der Waals surface area contributed by atoms with Gasteiger partial charge in [0.15, 0.2) is 0 Å². The lowest BCUT2D eigenvalue weighted by molar-refractivity contribution is 0.0945. The molecule has 0 amide bonds. The van der Waals surface area contributed by atoms with Crippen molar-refractivity contribution in [2.45, 2.75) is 32.2 Å². The first-order valence-corrected chi connectivity index (χ1v) is 9.21. The summed E-state index contributed by atoms with van der Waals surface area (Å²) in [5.41, 5.74) is 2.73. The summed E-state index contributed by atoms with van der Waals surface area (Å²) in [6.07, 6.45) is 7.01. The van der Waals surface area contributed by atoms with Crippen molar-refractivity contribution in [1.82, 2.24) is 19.7 Å². The fourth-order valence-electron chi connectivity index (χ4n) is 3.32. The number of anilines is 1. The Morgan fingerprint density at radius 1 is 1.18 bits per heavy atom. The van der Waals surface area contributed by atoms with Crippen LogP contribution in [-0.4, -0.2) is 31.2 Å². The van der Waals surface area contributed by atoms with Gasteiger partial charge in [0, 0.05) is 17.3 Å². The molecule has 0 aliphatic heterocycles. The monoisotopic (exact) mass is 373 g/mol. The van der Waals surface area contributed by atoms with Gasteiger partial charge in [0.05, 0.1) is 17.1 Å². The number of aromatic nitrogens is 4. The molecule has 3 heterocycles. The topological polar surface area (TPSA) is 85.8 Å². The summed E-state index contributed by atoms with van der Waals surface area (Å²) in [4.78, 5) is 21.9. The molecule has 0 unspecified atom stereocenters. The highest BCUT2D eigenvalue weighted by Crippen LogP contribution is 2.40. The number of hydrogen-bond donors (Lipinski definition) is 1. The van der Waals surface area contributed by atoms with E-state index < -0.39 is 0 Å². The van der Waals surface area contributed by atoms with E-state index in [1.807, 2.05) is 30.3 Å². The minimum atomic E-state index is -0.266. The van der Waals surface area contributed by atoms with Gasteiger partial charge in [0.1, 0.15) is 17.9 Å². The lowest BCUT2D eigenvalue weighted by Crippen LogP contribution is -2.18. The number of nitrogens with one attached hydrogen (secondary N) is 1. The number of carbonyl (C=O) groups excluding carboxylic acids is 1. The maximum absolute atomic E-state index is 13.3. The predicted molar refractivity (Wildman–Crippen MR) is 105 cm³/mol. The molecular weight excluding hydrogens is 354 g/mol. The van der Waals surface area contributed by atoms with Crippen molar-refractivity contribution in [3.63, 3.8) is 0 Å². The molecule has 3 aromatic heterocycles. The fourth-order valence-corrected chi connectivity index (χ4v) is 3.32. The molecule has 28 heavy (non-hydrogen) atoms. The summed E-state index contributed by atoms with van der Waals surface area (Å²) >= 11 is 0. The zero-order valence-corrected chi connectivity index (χ0v) is 15.6. The Labute approximate surface area is 161 Å². The number of rotatable bonds is 4. The van der Waals surface area contributed by atoms with E-state index >= 15 is 0 Å². The zero-order valence-electron chi connectivity index (χ0n) is 15.6. The third-order valence-corrected chi connectivity index (χ3v) is 5.20. The first-order chi connectivity index (χ1) is 13.5. The highest BCUT2D eigenvalue weighted by Gasteiger charge is 2.38. The maximum atomic E-state index is 13.3. The molecule has 0 bridgehead atoms. The fraction of sp³-hybridized carbons (Fsp3) is 0.238. The standard InChI is InChI=1S/C21H19N5O2/c1-13-16(17-18(25-21(2)8-9-21)22-12-23-19(17)28-13)20(27)26-11-15(10-24-26)14-6-4-3-5-7-14/h3-7,10-12H,8-9H2,1-2H3,(H,22,23,25). The average molecular weight is 373 g/mol. The first-order valence-electron chi connectivity index (χ1n) is 9.21. The van der Waals surface area contributed by atoms with E-state index in [0.29, 0.717) is 28.2 Å². The molecule has 7 heteroatoms. The Hall–Kier alpha value is -3.48. The van der Waals surface area contributed by atoms with Crippen molar-refractivity contribution in [3.05, 3.63) is 60.4 Å². The molecule has 0 saturated heterocycles. The van der Waals surface area contributed by atoms with Crippen molar-refractivity contribution in [2.24, 2.45) is 0 Å². The molecule has 5 rings (SSSR count). The van der Waals surface area contributed by atoms with Gasteiger partial charge < -0.3 is 9.73 Å². The van der Waals surface area contributed by atoms with Crippen LogP contribution < -0.4 is 5.32 Å². The number of aryl methyl sites for hydroxylation is 1. The molecule has 0 radical (unpaired) electrons. The quantitative estimate of drug-likeness (QED) is 0.581. The van der Waals surface area contributed by atoms with Crippen LogP contribution in [-0.2, 0) is 0 Å². The second kappa shape index (κ2) is 6.02. The maximum Gasteiger partial charge on any atom is 0.282 e. The predicted octanol–water partition coefficient (Wildman–Crippen LogP) is 4.05. The summed E-state index contributed by atoms with van der Waals surface area (Å²) < 4.78 is 7.10. The van der Waals surface area contributed by atoms with Crippen molar-refractivity contribution < 1.29 is 9.21 Å². The van der Waals surface area contributed by atoms with E-state index in [-0.39, 0.29) is 11.4 Å². The van der Waals surface area contributed by atoms with E-state index in [4.69, 9.17) is 4.42 Å². The molecule has 1 saturated carbocycles. The molecule has 7 nitrogen and oxygen atoms in total. The number of carbonyl (C=O) groups is 1. The lowest BCUT2D eigenvalue weighted by Gasteiger charge is -2.12. The van der Waals surface area contributed by atoms with Crippen LogP contribution in [0.4, 0.5) is 5.82 Å². The van der Waals surface area contributed by atoms with Crippen LogP contribution in [0.15, 0.2) is 53.5 Å². The minimum Gasteiger partial charge on any atom is -0.442 e. The van der Waals surface area contributed by atoms with Gasteiger partial charge in [-0.05, 0) is 32.3 Å². The van der Waals surface area contributed by atoms with Gasteiger partial charge in [-0.15, -0.1) is 0 Å². The van der Waals surface area contributed by atoms with Gasteiger partial charge in [0.2, 0.25) is 5.71 Å². The first kappa shape index (κ1) is 16.7. The van der Waals surface area contributed by atoms with E-state index in [2.05, 4.69) is 27.3 Å². The Bertz CT molecular complexity index is 1190. The molecule has 1 aliphatic carbocycles. The minimum absolute atomic E-state index is 0.0129. The van der Waals surface area contributed by atoms with E-state index in [1.54, 1.807) is 19.3 Å². The van der Waals surface area contributed by atoms with Crippen LogP contribution in [0.3, 0.4) is 0 Å². The Morgan fingerprint density at radius 2 is 1.96 bits per heavy atom. The van der Waals surface area contributed by atoms with Crippen molar-refractivity contribution >= 4 is 22.8 Å². The van der Waals surface area contributed by atoms with Gasteiger partial charge >= 0.3 is 0 Å². The Kier molecular flexibility index (Phi) is 3.58. The van der Waals surface area contributed by atoms with Gasteiger partial charge in [-0.2, -0.15) is 5.10 Å². The molecule has 1 aliphatic rings. The van der Waals surface area contributed by atoms with Crippen molar-refractivity contribution in [1.29, 1.82) is 0 Å². The highest BCUT2D eigenvalue weighted by atomic mass is 16.3. The number of benzene rings is 1. The summed E-state index contributed by atoms with van der Waals surface area (Å²) in [5, 5.41) is 8.32. The molecule has 0 atom stereocenters. The lowest BCUT2D eigenvalue weighted by atomic mass is 10.1. The van der Waals surface area contributed by atoms with E-state index in [1.165, 1.54) is 11.0 Å². The largest absolute Gasteiger partial charge is 0.442 e. The molecule has 1 fully saturated rings. The molecule has 140 valence electrons. The molecular formula is C21H19N5O2. The summed E-state index contributed by atoms with van der Waals surface area (Å²) in [6, 6.07) is 9.83.